The Morgan fingerprint density at radius 3 is 1.35 bits per heavy atom. The summed E-state index contributed by atoms with van der Waals surface area (Å²) in [5.74, 6) is -1.93. The Morgan fingerprint density at radius 1 is 0.885 bits per heavy atom. The number of unbranched alkanes of at least 4 members (excludes halogenated alkanes) is 3. The standard InChI is InChI=1S/C6H13NO.2C2H4O2S.2C2H6O2/c1-2-3-4-5-6-7-8;2*3-2(4)1-5;2*3-1-2-4/h6-7H,2-5H2,1H3;2*5H,1H2,(H,3,4);2*3-4H,1-2H2. The molecule has 10 nitrogen and oxygen atoms in total. The summed E-state index contributed by atoms with van der Waals surface area (Å²) in [6.45, 7) is 1.64. The van der Waals surface area contributed by atoms with Crippen molar-refractivity contribution in [3.8, 4) is 0 Å². The number of rotatable bonds is 8. The van der Waals surface area contributed by atoms with E-state index in [1.807, 2.05) is 0 Å². The van der Waals surface area contributed by atoms with Gasteiger partial charge in [0.15, 0.2) is 0 Å². The number of aliphatic hydroxyl groups is 4. The molecular weight excluding hydrogens is 390 g/mol. The van der Waals surface area contributed by atoms with Gasteiger partial charge in [-0.25, -0.2) is 5.16 Å². The van der Waals surface area contributed by atoms with E-state index in [9.17, 15) is 14.8 Å². The number of aliphatic hydroxyl groups excluding tert-OH is 4. The number of nitrogens with one attached hydrogen (secondary N) is 1. The van der Waals surface area contributed by atoms with Gasteiger partial charge in [0.1, 0.15) is 6.21 Å². The van der Waals surface area contributed by atoms with Crippen LogP contribution >= 0.6 is 25.3 Å². The van der Waals surface area contributed by atoms with Gasteiger partial charge in [0.25, 0.3) is 0 Å². The molecule has 26 heavy (non-hydrogen) atoms. The maximum atomic E-state index is 9.59. The highest BCUT2D eigenvalue weighted by Crippen LogP contribution is 1.94. The van der Waals surface area contributed by atoms with Gasteiger partial charge < -0.3 is 35.8 Å². The van der Waals surface area contributed by atoms with Crippen molar-refractivity contribution in [3.05, 3.63) is 5.21 Å². The Bertz CT molecular complexity index is 261. The fourth-order valence-electron chi connectivity index (χ4n) is 0.555. The minimum absolute atomic E-state index is 0.0833. The quantitative estimate of drug-likeness (QED) is 0.0709. The van der Waals surface area contributed by atoms with E-state index >= 15 is 0 Å². The summed E-state index contributed by atoms with van der Waals surface area (Å²) < 4.78 is 0. The molecule has 160 valence electrons. The van der Waals surface area contributed by atoms with Crippen LogP contribution in [-0.4, -0.2) is 86.7 Å². The molecule has 0 rings (SSSR count). The van der Waals surface area contributed by atoms with Crippen LogP contribution in [0.25, 0.3) is 0 Å². The maximum Gasteiger partial charge on any atom is 0.313 e. The normalized spacial score (nSPS) is 8.42. The Balaban J connectivity index is -0.0000000730. The van der Waals surface area contributed by atoms with Crippen LogP contribution in [0.4, 0.5) is 0 Å². The van der Waals surface area contributed by atoms with Crippen molar-refractivity contribution in [2.24, 2.45) is 0 Å². The van der Waals surface area contributed by atoms with E-state index in [1.54, 1.807) is 11.4 Å². The van der Waals surface area contributed by atoms with E-state index in [0.29, 0.717) is 0 Å². The second-order valence-corrected chi connectivity index (χ2v) is 4.45. The molecule has 0 bridgehead atoms. The number of hydrogen-bond donors (Lipinski definition) is 9. The van der Waals surface area contributed by atoms with Crippen LogP contribution in [0.15, 0.2) is 0 Å². The van der Waals surface area contributed by atoms with Gasteiger partial charge in [-0.3, -0.25) is 9.59 Å². The van der Waals surface area contributed by atoms with Crippen molar-refractivity contribution in [2.45, 2.75) is 32.6 Å². The van der Waals surface area contributed by atoms with E-state index in [-0.39, 0.29) is 37.9 Å². The highest BCUT2D eigenvalue weighted by molar-refractivity contribution is 7.81. The molecule has 0 fully saturated rings. The van der Waals surface area contributed by atoms with Crippen molar-refractivity contribution in [3.63, 3.8) is 0 Å². The van der Waals surface area contributed by atoms with Crippen molar-refractivity contribution in [2.75, 3.05) is 37.9 Å². The fourth-order valence-corrected chi connectivity index (χ4v) is 0.555. The van der Waals surface area contributed by atoms with Crippen molar-refractivity contribution < 1.29 is 45.4 Å². The summed E-state index contributed by atoms with van der Waals surface area (Å²) in [4.78, 5) is 18.6. The molecule has 0 aliphatic carbocycles. The molecule has 12 heteroatoms. The van der Waals surface area contributed by atoms with Gasteiger partial charge in [0.05, 0.1) is 37.9 Å². The third-order valence-corrected chi connectivity index (χ3v) is 2.05. The first-order chi connectivity index (χ1) is 12.3. The lowest BCUT2D eigenvalue weighted by atomic mass is 10.2. The van der Waals surface area contributed by atoms with Crippen LogP contribution in [0, 0.1) is 5.21 Å². The molecule has 0 spiro atoms. The molecule has 0 atom stereocenters. The summed E-state index contributed by atoms with van der Waals surface area (Å²) in [7, 11) is 0. The average Bonchev–Trinajstić information content (AvgIpc) is 2.66. The zero-order valence-corrected chi connectivity index (χ0v) is 16.7. The number of carboxylic acid groups (broad SMARTS) is 2. The smallest absolute Gasteiger partial charge is 0.313 e. The molecule has 0 unspecified atom stereocenters. The van der Waals surface area contributed by atoms with E-state index in [1.165, 1.54) is 12.8 Å². The van der Waals surface area contributed by atoms with Crippen molar-refractivity contribution in [1.29, 1.82) is 0 Å². The van der Waals surface area contributed by atoms with Gasteiger partial charge in [-0.15, -0.1) is 0 Å². The van der Waals surface area contributed by atoms with Gasteiger partial charge in [0.2, 0.25) is 0 Å². The highest BCUT2D eigenvalue weighted by atomic mass is 32.1. The predicted molar refractivity (Wildman–Crippen MR) is 106 cm³/mol. The zero-order valence-electron chi connectivity index (χ0n) is 15.0. The third-order valence-electron chi connectivity index (χ3n) is 1.51. The third kappa shape index (κ3) is 112. The Kier molecular flexibility index (Phi) is 60.7. The van der Waals surface area contributed by atoms with Crippen LogP contribution in [0.1, 0.15) is 32.6 Å². The van der Waals surface area contributed by atoms with Crippen molar-refractivity contribution in [1.82, 2.24) is 0 Å². The molecule has 0 aliphatic rings. The van der Waals surface area contributed by atoms with Gasteiger partial charge in [0, 0.05) is 6.42 Å². The monoisotopic (exact) mass is 423 g/mol. The summed E-state index contributed by atoms with van der Waals surface area (Å²) >= 11 is 6.83. The lowest BCUT2D eigenvalue weighted by Crippen LogP contribution is -2.60. The second-order valence-electron chi connectivity index (χ2n) is 3.82. The number of hydrogen-bond acceptors (Lipinski definition) is 9. The molecule has 0 radical (unpaired) electrons. The van der Waals surface area contributed by atoms with Crippen LogP contribution in [0.2, 0.25) is 0 Å². The predicted octanol–water partition coefficient (Wildman–Crippen LogP) is -1.84. The van der Waals surface area contributed by atoms with E-state index < -0.39 is 11.9 Å². The SMILES string of the molecule is CCCCCC=[NH+][O-].O=C(O)CS.O=C(O)CS.OCCO.OCCO. The van der Waals surface area contributed by atoms with Crippen LogP contribution in [0.5, 0.6) is 0 Å². The molecule has 0 saturated heterocycles. The summed E-state index contributed by atoms with van der Waals surface area (Å²) in [5, 5.41) is 57.1. The summed E-state index contributed by atoms with van der Waals surface area (Å²) in [6, 6.07) is 0. The van der Waals surface area contributed by atoms with Crippen LogP contribution < -0.4 is 5.16 Å². The maximum absolute atomic E-state index is 9.59. The molecule has 0 aromatic rings. The Hall–Kier alpha value is -1.05. The molecule has 0 aliphatic heterocycles. The zero-order chi connectivity index (χ0) is 21.6. The van der Waals surface area contributed by atoms with E-state index in [4.69, 9.17) is 30.6 Å². The van der Waals surface area contributed by atoms with E-state index in [2.05, 4.69) is 32.2 Å². The number of carbonyl (C=O) groups is 2. The van der Waals surface area contributed by atoms with Gasteiger partial charge in [-0.1, -0.05) is 19.8 Å². The highest BCUT2D eigenvalue weighted by Gasteiger charge is 1.82. The first-order valence-corrected chi connectivity index (χ1v) is 8.83. The molecule has 7 N–H and O–H groups in total. The summed E-state index contributed by atoms with van der Waals surface area (Å²) in [5.41, 5.74) is 0. The van der Waals surface area contributed by atoms with Crippen LogP contribution in [0.3, 0.4) is 0 Å². The first kappa shape index (κ1) is 36.0. The van der Waals surface area contributed by atoms with Crippen molar-refractivity contribution >= 4 is 43.4 Å². The number of thiol groups is 2. The van der Waals surface area contributed by atoms with E-state index in [0.717, 1.165) is 12.8 Å². The Labute approximate surface area is 165 Å². The largest absolute Gasteiger partial charge is 0.626 e. The number of aliphatic carboxylic acids is 2. The minimum Gasteiger partial charge on any atom is -0.626 e. The number of carboxylic acids is 2. The van der Waals surface area contributed by atoms with Gasteiger partial charge >= 0.3 is 11.9 Å². The topological polar surface area (TPSA) is 193 Å². The van der Waals surface area contributed by atoms with Gasteiger partial charge in [-0.05, 0) is 6.42 Å². The lowest BCUT2D eigenvalue weighted by molar-refractivity contribution is -0.368. The molecule has 0 amide bonds. The minimum atomic E-state index is -0.881. The molecule has 0 aromatic heterocycles. The second kappa shape index (κ2) is 43.9. The fraction of sp³-hybridized carbons (Fsp3) is 0.786. The molecule has 0 saturated carbocycles. The molecule has 0 heterocycles. The Morgan fingerprint density at radius 2 is 1.19 bits per heavy atom. The van der Waals surface area contributed by atoms with Gasteiger partial charge in [-0.2, -0.15) is 25.3 Å². The lowest BCUT2D eigenvalue weighted by Gasteiger charge is -1.87. The van der Waals surface area contributed by atoms with Crippen LogP contribution in [-0.2, 0) is 9.59 Å². The summed E-state index contributed by atoms with van der Waals surface area (Å²) in [6.07, 6.45) is 6.02. The average molecular weight is 424 g/mol. The molecular formula is C14H33NO9S2. The first-order valence-electron chi connectivity index (χ1n) is 7.57. The molecule has 0 aromatic carbocycles.